The van der Waals surface area contributed by atoms with Gasteiger partial charge in [0.25, 0.3) is 5.69 Å². The van der Waals surface area contributed by atoms with Crippen LogP contribution in [0.2, 0.25) is 0 Å². The highest BCUT2D eigenvalue weighted by Crippen LogP contribution is 2.26. The van der Waals surface area contributed by atoms with Crippen LogP contribution in [0, 0.1) is 24.0 Å². The third-order valence-electron chi connectivity index (χ3n) is 2.66. The number of hydrogen-bond acceptors (Lipinski definition) is 5. The minimum absolute atomic E-state index is 0.0584. The zero-order valence-corrected chi connectivity index (χ0v) is 11.8. The Balaban J connectivity index is 3.25. The molecule has 1 rings (SSSR count). The maximum absolute atomic E-state index is 12.0. The molecule has 0 unspecified atom stereocenters. The normalized spacial score (nSPS) is 11.5. The van der Waals surface area contributed by atoms with E-state index in [2.05, 4.69) is 4.72 Å². The van der Waals surface area contributed by atoms with Gasteiger partial charge in [0, 0.05) is 19.7 Å². The maximum Gasteiger partial charge on any atom is 0.289 e. The summed E-state index contributed by atoms with van der Waals surface area (Å²) >= 11 is 0. The Bertz CT molecular complexity index is 583. The third-order valence-corrected chi connectivity index (χ3v) is 4.15. The Morgan fingerprint density at radius 1 is 1.32 bits per heavy atom. The van der Waals surface area contributed by atoms with Crippen LogP contribution >= 0.6 is 0 Å². The van der Waals surface area contributed by atoms with Gasteiger partial charge >= 0.3 is 0 Å². The van der Waals surface area contributed by atoms with Gasteiger partial charge in [-0.25, -0.2) is 13.1 Å². The number of hydrogen-bond donors (Lipinski definition) is 1. The predicted octanol–water partition coefficient (Wildman–Crippen LogP) is 1.14. The lowest BCUT2D eigenvalue weighted by Crippen LogP contribution is -2.28. The van der Waals surface area contributed by atoms with Crippen molar-refractivity contribution in [1.29, 1.82) is 0 Å². The van der Waals surface area contributed by atoms with E-state index in [-0.39, 0.29) is 18.0 Å². The van der Waals surface area contributed by atoms with Gasteiger partial charge in [0.15, 0.2) is 4.90 Å². The molecule has 0 saturated carbocycles. The standard InChI is InChI=1S/C11H16N2O5S/c1-8-6-10(13(14)15)11(7-9(8)2)19(16,17)12-4-5-18-3/h6-7,12H,4-5H2,1-3H3. The summed E-state index contributed by atoms with van der Waals surface area (Å²) in [7, 11) is -2.48. The molecular formula is C11H16N2O5S. The number of benzene rings is 1. The average molecular weight is 288 g/mol. The summed E-state index contributed by atoms with van der Waals surface area (Å²) in [6.45, 7) is 3.64. The highest BCUT2D eigenvalue weighted by Gasteiger charge is 2.26. The Morgan fingerprint density at radius 3 is 2.42 bits per heavy atom. The molecule has 0 bridgehead atoms. The van der Waals surface area contributed by atoms with E-state index in [1.165, 1.54) is 19.2 Å². The van der Waals surface area contributed by atoms with E-state index in [1.807, 2.05) is 0 Å². The van der Waals surface area contributed by atoms with Crippen LogP contribution in [-0.2, 0) is 14.8 Å². The fourth-order valence-corrected chi connectivity index (χ4v) is 2.74. The number of nitro groups is 1. The summed E-state index contributed by atoms with van der Waals surface area (Å²) < 4.78 is 31.0. The molecule has 0 aliphatic carbocycles. The van der Waals surface area contributed by atoms with Crippen LogP contribution in [0.5, 0.6) is 0 Å². The topological polar surface area (TPSA) is 98.5 Å². The fourth-order valence-electron chi connectivity index (χ4n) is 1.49. The molecule has 7 nitrogen and oxygen atoms in total. The van der Waals surface area contributed by atoms with Crippen molar-refractivity contribution in [3.8, 4) is 0 Å². The van der Waals surface area contributed by atoms with Crippen molar-refractivity contribution in [2.24, 2.45) is 0 Å². The molecule has 0 radical (unpaired) electrons. The first-order valence-electron chi connectivity index (χ1n) is 5.54. The van der Waals surface area contributed by atoms with Gasteiger partial charge in [-0.2, -0.15) is 0 Å². The molecule has 0 fully saturated rings. The van der Waals surface area contributed by atoms with Crippen molar-refractivity contribution in [2.45, 2.75) is 18.7 Å². The number of sulfonamides is 1. The summed E-state index contributed by atoms with van der Waals surface area (Å²) in [6.07, 6.45) is 0. The summed E-state index contributed by atoms with van der Waals surface area (Å²) in [4.78, 5) is 9.93. The van der Waals surface area contributed by atoms with E-state index in [0.717, 1.165) is 0 Å². The van der Waals surface area contributed by atoms with Crippen molar-refractivity contribution in [3.63, 3.8) is 0 Å². The van der Waals surface area contributed by atoms with Crippen LogP contribution in [0.4, 0.5) is 5.69 Å². The number of nitrogens with one attached hydrogen (secondary N) is 1. The van der Waals surface area contributed by atoms with Gasteiger partial charge in [-0.1, -0.05) is 0 Å². The smallest absolute Gasteiger partial charge is 0.289 e. The van der Waals surface area contributed by atoms with E-state index in [1.54, 1.807) is 13.8 Å². The summed E-state index contributed by atoms with van der Waals surface area (Å²) in [6, 6.07) is 2.57. The Morgan fingerprint density at radius 2 is 1.89 bits per heavy atom. The second-order valence-corrected chi connectivity index (χ2v) is 5.79. The first-order valence-corrected chi connectivity index (χ1v) is 7.02. The van der Waals surface area contributed by atoms with E-state index < -0.39 is 20.6 Å². The summed E-state index contributed by atoms with van der Waals surface area (Å²) in [5.41, 5.74) is 0.924. The zero-order valence-electron chi connectivity index (χ0n) is 11.0. The van der Waals surface area contributed by atoms with Crippen molar-refractivity contribution < 1.29 is 18.1 Å². The maximum atomic E-state index is 12.0. The molecule has 0 amide bonds. The number of rotatable bonds is 6. The number of ether oxygens (including phenoxy) is 1. The molecule has 0 heterocycles. The second-order valence-electron chi connectivity index (χ2n) is 4.05. The first kappa shape index (κ1) is 15.5. The Kier molecular flexibility index (Phi) is 4.98. The predicted molar refractivity (Wildman–Crippen MR) is 69.6 cm³/mol. The Hall–Kier alpha value is -1.51. The molecule has 0 saturated heterocycles. The number of nitro benzene ring substituents is 1. The molecule has 1 N–H and O–H groups in total. The van der Waals surface area contributed by atoms with Crippen LogP contribution in [-0.4, -0.2) is 33.6 Å². The van der Waals surface area contributed by atoms with Crippen molar-refractivity contribution in [3.05, 3.63) is 33.4 Å². The first-order chi connectivity index (χ1) is 8.79. The van der Waals surface area contributed by atoms with Gasteiger partial charge in [0.05, 0.1) is 11.5 Å². The van der Waals surface area contributed by atoms with E-state index in [9.17, 15) is 18.5 Å². The van der Waals surface area contributed by atoms with Crippen LogP contribution in [0.25, 0.3) is 0 Å². The lowest BCUT2D eigenvalue weighted by atomic mass is 10.1. The highest BCUT2D eigenvalue weighted by atomic mass is 32.2. The van der Waals surface area contributed by atoms with Crippen LogP contribution in [0.15, 0.2) is 17.0 Å². The van der Waals surface area contributed by atoms with Crippen LogP contribution in [0.3, 0.4) is 0 Å². The van der Waals surface area contributed by atoms with Gasteiger partial charge in [0.2, 0.25) is 10.0 Å². The third kappa shape index (κ3) is 3.72. The summed E-state index contributed by atoms with van der Waals surface area (Å²) in [5.74, 6) is 0. The summed E-state index contributed by atoms with van der Waals surface area (Å²) in [5, 5.41) is 11.0. The number of aryl methyl sites for hydroxylation is 2. The molecule has 0 aliphatic rings. The molecule has 106 valence electrons. The minimum atomic E-state index is -3.92. The molecule has 8 heteroatoms. The van der Waals surface area contributed by atoms with Gasteiger partial charge in [-0.05, 0) is 31.0 Å². The SMILES string of the molecule is COCCNS(=O)(=O)c1cc(C)c(C)cc1[N+](=O)[O-]. The lowest BCUT2D eigenvalue weighted by molar-refractivity contribution is -0.387. The van der Waals surface area contributed by atoms with Crippen LogP contribution < -0.4 is 4.72 Å². The minimum Gasteiger partial charge on any atom is -0.383 e. The van der Waals surface area contributed by atoms with Gasteiger partial charge in [0.1, 0.15) is 0 Å². The van der Waals surface area contributed by atoms with E-state index >= 15 is 0 Å². The van der Waals surface area contributed by atoms with E-state index in [0.29, 0.717) is 11.1 Å². The molecule has 19 heavy (non-hydrogen) atoms. The quantitative estimate of drug-likeness (QED) is 0.480. The average Bonchev–Trinajstić information content (AvgIpc) is 2.31. The molecular weight excluding hydrogens is 272 g/mol. The second kappa shape index (κ2) is 6.09. The molecule has 0 aromatic heterocycles. The van der Waals surface area contributed by atoms with Crippen molar-refractivity contribution >= 4 is 15.7 Å². The van der Waals surface area contributed by atoms with Gasteiger partial charge in [-0.15, -0.1) is 0 Å². The van der Waals surface area contributed by atoms with Gasteiger partial charge in [-0.3, -0.25) is 10.1 Å². The molecule has 0 spiro atoms. The highest BCUT2D eigenvalue weighted by molar-refractivity contribution is 7.89. The van der Waals surface area contributed by atoms with Crippen LogP contribution in [0.1, 0.15) is 11.1 Å². The zero-order chi connectivity index (χ0) is 14.6. The lowest BCUT2D eigenvalue weighted by Gasteiger charge is -2.09. The molecule has 1 aromatic rings. The molecule has 0 aliphatic heterocycles. The van der Waals surface area contributed by atoms with E-state index in [4.69, 9.17) is 4.74 Å². The van der Waals surface area contributed by atoms with Crippen molar-refractivity contribution in [1.82, 2.24) is 4.72 Å². The fraction of sp³-hybridized carbons (Fsp3) is 0.455. The monoisotopic (exact) mass is 288 g/mol. The number of methoxy groups -OCH3 is 1. The molecule has 0 atom stereocenters. The number of nitrogens with zero attached hydrogens (tertiary/aromatic N) is 1. The van der Waals surface area contributed by atoms with Crippen molar-refractivity contribution in [2.75, 3.05) is 20.3 Å². The molecule has 1 aromatic carbocycles. The van der Waals surface area contributed by atoms with Gasteiger partial charge < -0.3 is 4.74 Å². The largest absolute Gasteiger partial charge is 0.383 e. The Labute approximate surface area is 111 Å².